The van der Waals surface area contributed by atoms with Gasteiger partial charge in [-0.2, -0.15) is 0 Å². The lowest BCUT2D eigenvalue weighted by Gasteiger charge is -2.22. The predicted octanol–water partition coefficient (Wildman–Crippen LogP) is 4.00. The molecule has 4 aromatic rings. The monoisotopic (exact) mass is 471 g/mol. The Morgan fingerprint density at radius 1 is 1.28 bits per heavy atom. The number of aromatic nitrogens is 3. The van der Waals surface area contributed by atoms with Crippen LogP contribution in [0.5, 0.6) is 0 Å². The van der Waals surface area contributed by atoms with Crippen LogP contribution in [0, 0.1) is 0 Å². The standard InChI is InChI=1S/C20H18BrN5O2S/c21-11-8-14-15(25-20(28)24-14)9-13(11)22-18(27)10-26-7-3-5-16(26)19-23-12-4-1-2-6-17(12)29-19/h1-2,4,6,8-9,16H,3,5,7,10H2,(H,22,27)(H2,24,25,28). The molecule has 5 rings (SSSR count). The summed E-state index contributed by atoms with van der Waals surface area (Å²) in [6.45, 7) is 1.17. The van der Waals surface area contributed by atoms with E-state index in [-0.39, 0.29) is 17.6 Å². The number of benzene rings is 2. The molecule has 1 unspecified atom stereocenters. The van der Waals surface area contributed by atoms with Gasteiger partial charge < -0.3 is 15.3 Å². The fourth-order valence-corrected chi connectivity index (χ4v) is 5.43. The number of rotatable bonds is 4. The molecular formula is C20H18BrN5O2S. The maximum absolute atomic E-state index is 12.7. The number of likely N-dealkylation sites (tertiary alicyclic amines) is 1. The number of halogens is 1. The van der Waals surface area contributed by atoms with Gasteiger partial charge in [-0.1, -0.05) is 12.1 Å². The Kier molecular flexibility index (Phi) is 4.73. The molecule has 1 aliphatic rings. The van der Waals surface area contributed by atoms with Crippen LogP contribution in [0.25, 0.3) is 21.3 Å². The van der Waals surface area contributed by atoms with Gasteiger partial charge in [0, 0.05) is 4.47 Å². The summed E-state index contributed by atoms with van der Waals surface area (Å²) in [5.74, 6) is -0.0871. The van der Waals surface area contributed by atoms with Gasteiger partial charge in [-0.15, -0.1) is 11.3 Å². The van der Waals surface area contributed by atoms with E-state index in [0.29, 0.717) is 23.3 Å². The number of nitrogens with zero attached hydrogens (tertiary/aromatic N) is 2. The fraction of sp³-hybridized carbons (Fsp3) is 0.250. The van der Waals surface area contributed by atoms with Crippen molar-refractivity contribution in [3.63, 3.8) is 0 Å². The average Bonchev–Trinajstić information content (AvgIpc) is 3.38. The molecule has 3 N–H and O–H groups in total. The van der Waals surface area contributed by atoms with Crippen LogP contribution in [0.2, 0.25) is 0 Å². The largest absolute Gasteiger partial charge is 0.324 e. The van der Waals surface area contributed by atoms with Crippen LogP contribution < -0.4 is 11.0 Å². The average molecular weight is 472 g/mol. The van der Waals surface area contributed by atoms with E-state index in [4.69, 9.17) is 4.98 Å². The minimum Gasteiger partial charge on any atom is -0.324 e. The third-order valence-corrected chi connectivity index (χ3v) is 6.98. The van der Waals surface area contributed by atoms with Crippen LogP contribution in [0.15, 0.2) is 45.7 Å². The molecule has 7 nitrogen and oxygen atoms in total. The molecule has 0 aliphatic carbocycles. The first-order valence-electron chi connectivity index (χ1n) is 9.38. The van der Waals surface area contributed by atoms with Crippen LogP contribution in [-0.2, 0) is 4.79 Å². The smallest absolute Gasteiger partial charge is 0.323 e. The number of fused-ring (bicyclic) bond motifs is 2. The van der Waals surface area contributed by atoms with Gasteiger partial charge in [-0.25, -0.2) is 9.78 Å². The Balaban J connectivity index is 1.33. The highest BCUT2D eigenvalue weighted by Crippen LogP contribution is 2.36. The number of H-pyrrole nitrogens is 2. The number of thiazole rings is 1. The van der Waals surface area contributed by atoms with Crippen molar-refractivity contribution in [3.05, 3.63) is 56.4 Å². The van der Waals surface area contributed by atoms with Gasteiger partial charge in [0.1, 0.15) is 5.01 Å². The molecule has 1 amide bonds. The number of nitrogens with one attached hydrogen (secondary N) is 3. The molecule has 1 atom stereocenters. The highest BCUT2D eigenvalue weighted by molar-refractivity contribution is 9.10. The number of para-hydroxylation sites is 1. The van der Waals surface area contributed by atoms with E-state index in [0.717, 1.165) is 34.4 Å². The maximum Gasteiger partial charge on any atom is 0.323 e. The minimum atomic E-state index is -0.272. The molecule has 29 heavy (non-hydrogen) atoms. The summed E-state index contributed by atoms with van der Waals surface area (Å²) >= 11 is 5.17. The molecule has 3 heterocycles. The summed E-state index contributed by atoms with van der Waals surface area (Å²) in [4.78, 5) is 36.6. The summed E-state index contributed by atoms with van der Waals surface area (Å²) in [5.41, 5.74) is 2.72. The second-order valence-electron chi connectivity index (χ2n) is 7.15. The van der Waals surface area contributed by atoms with Crippen LogP contribution in [0.1, 0.15) is 23.9 Å². The molecular weight excluding hydrogens is 454 g/mol. The molecule has 9 heteroatoms. The molecule has 0 spiro atoms. The third kappa shape index (κ3) is 3.61. The topological polar surface area (TPSA) is 93.9 Å². The van der Waals surface area contributed by atoms with Crippen LogP contribution in [0.3, 0.4) is 0 Å². The highest BCUT2D eigenvalue weighted by Gasteiger charge is 2.30. The van der Waals surface area contributed by atoms with E-state index >= 15 is 0 Å². The van der Waals surface area contributed by atoms with Crippen molar-refractivity contribution in [2.75, 3.05) is 18.4 Å². The molecule has 0 radical (unpaired) electrons. The molecule has 2 aromatic heterocycles. The summed E-state index contributed by atoms with van der Waals surface area (Å²) in [6, 6.07) is 11.8. The summed E-state index contributed by atoms with van der Waals surface area (Å²) in [7, 11) is 0. The Bertz CT molecular complexity index is 1240. The maximum atomic E-state index is 12.7. The first-order valence-corrected chi connectivity index (χ1v) is 11.0. The zero-order valence-corrected chi connectivity index (χ0v) is 17.8. The molecule has 1 aliphatic heterocycles. The summed E-state index contributed by atoms with van der Waals surface area (Å²) in [5, 5.41) is 4.03. The first-order chi connectivity index (χ1) is 14.1. The van der Waals surface area contributed by atoms with Crippen molar-refractivity contribution < 1.29 is 4.79 Å². The number of aromatic amines is 2. The Morgan fingerprint density at radius 2 is 2.07 bits per heavy atom. The number of carbonyl (C=O) groups is 1. The van der Waals surface area contributed by atoms with Gasteiger partial charge in [-0.05, 0) is 59.6 Å². The van der Waals surface area contributed by atoms with Gasteiger partial charge in [0.2, 0.25) is 5.91 Å². The fourth-order valence-electron chi connectivity index (χ4n) is 3.85. The van der Waals surface area contributed by atoms with E-state index < -0.39 is 0 Å². The molecule has 2 aromatic carbocycles. The number of imidazole rings is 1. The third-order valence-electron chi connectivity index (χ3n) is 5.18. The number of hydrogen-bond acceptors (Lipinski definition) is 5. The normalized spacial score (nSPS) is 17.3. The van der Waals surface area contributed by atoms with E-state index in [1.54, 1.807) is 23.5 Å². The lowest BCUT2D eigenvalue weighted by molar-refractivity contribution is -0.117. The minimum absolute atomic E-state index is 0.0871. The van der Waals surface area contributed by atoms with Crippen LogP contribution in [0.4, 0.5) is 5.69 Å². The SMILES string of the molecule is O=C(CN1CCCC1c1nc2ccccc2s1)Nc1cc2[nH]c(=O)[nH]c2cc1Br. The van der Waals surface area contributed by atoms with Gasteiger partial charge >= 0.3 is 5.69 Å². The number of carbonyl (C=O) groups excluding carboxylic acids is 1. The predicted molar refractivity (Wildman–Crippen MR) is 118 cm³/mol. The lowest BCUT2D eigenvalue weighted by Crippen LogP contribution is -2.33. The molecule has 148 valence electrons. The lowest BCUT2D eigenvalue weighted by atomic mass is 10.2. The van der Waals surface area contributed by atoms with Gasteiger partial charge in [-0.3, -0.25) is 9.69 Å². The van der Waals surface area contributed by atoms with Crippen LogP contribution >= 0.6 is 27.3 Å². The Morgan fingerprint density at radius 3 is 2.90 bits per heavy atom. The number of amides is 1. The van der Waals surface area contributed by atoms with Crippen LogP contribution in [-0.4, -0.2) is 38.8 Å². The summed E-state index contributed by atoms with van der Waals surface area (Å²) in [6.07, 6.45) is 2.06. The van der Waals surface area contributed by atoms with Gasteiger partial charge in [0.05, 0.1) is 39.5 Å². The number of anilines is 1. The molecule has 1 fully saturated rings. The van der Waals surface area contributed by atoms with Crippen molar-refractivity contribution in [1.82, 2.24) is 19.9 Å². The van der Waals surface area contributed by atoms with Crippen molar-refractivity contribution in [1.29, 1.82) is 0 Å². The van der Waals surface area contributed by atoms with Crippen molar-refractivity contribution >= 4 is 60.1 Å². The van der Waals surface area contributed by atoms with E-state index in [2.05, 4.69) is 42.2 Å². The Labute approximate surface area is 178 Å². The highest BCUT2D eigenvalue weighted by atomic mass is 79.9. The second-order valence-corrected chi connectivity index (χ2v) is 9.07. The first kappa shape index (κ1) is 18.5. The molecule has 1 saturated heterocycles. The molecule has 0 saturated carbocycles. The second kappa shape index (κ2) is 7.40. The van der Waals surface area contributed by atoms with E-state index in [1.165, 1.54) is 4.70 Å². The van der Waals surface area contributed by atoms with Gasteiger partial charge in [0.15, 0.2) is 0 Å². The summed E-state index contributed by atoms with van der Waals surface area (Å²) < 4.78 is 1.90. The molecule has 0 bridgehead atoms. The Hall–Kier alpha value is -2.49. The number of hydrogen-bond donors (Lipinski definition) is 3. The quantitative estimate of drug-likeness (QED) is 0.419. The zero-order valence-electron chi connectivity index (χ0n) is 15.4. The van der Waals surface area contributed by atoms with Crippen molar-refractivity contribution in [3.8, 4) is 0 Å². The van der Waals surface area contributed by atoms with E-state index in [9.17, 15) is 9.59 Å². The van der Waals surface area contributed by atoms with Gasteiger partial charge in [0.25, 0.3) is 0 Å². The van der Waals surface area contributed by atoms with Crippen molar-refractivity contribution in [2.24, 2.45) is 0 Å². The van der Waals surface area contributed by atoms with Crippen molar-refractivity contribution in [2.45, 2.75) is 18.9 Å². The zero-order chi connectivity index (χ0) is 20.0. The van der Waals surface area contributed by atoms with E-state index in [1.807, 2.05) is 18.2 Å².